The van der Waals surface area contributed by atoms with Crippen molar-refractivity contribution in [2.75, 3.05) is 6.54 Å². The topological polar surface area (TPSA) is 81.9 Å². The van der Waals surface area contributed by atoms with Gasteiger partial charge in [0.1, 0.15) is 11.5 Å². The molecule has 1 aromatic carbocycles. The molecule has 8 heteroatoms. The van der Waals surface area contributed by atoms with Gasteiger partial charge in [-0.25, -0.2) is 9.37 Å². The van der Waals surface area contributed by atoms with Crippen LogP contribution >= 0.6 is 11.6 Å². The molecule has 3 N–H and O–H groups in total. The molecule has 0 aliphatic rings. The first-order chi connectivity index (χ1) is 13.5. The van der Waals surface area contributed by atoms with Crippen LogP contribution in [0.25, 0.3) is 22.3 Å². The van der Waals surface area contributed by atoms with Gasteiger partial charge in [0.2, 0.25) is 5.88 Å². The van der Waals surface area contributed by atoms with Crippen molar-refractivity contribution in [2.24, 2.45) is 12.8 Å². The first-order valence-corrected chi connectivity index (χ1v) is 9.18. The van der Waals surface area contributed by atoms with Crippen molar-refractivity contribution in [1.82, 2.24) is 19.3 Å². The van der Waals surface area contributed by atoms with E-state index in [0.29, 0.717) is 33.7 Å². The summed E-state index contributed by atoms with van der Waals surface area (Å²) in [7, 11) is 1.79. The van der Waals surface area contributed by atoms with Crippen LogP contribution in [0.15, 0.2) is 48.8 Å². The number of nitrogens with zero attached hydrogens (tertiary/aromatic N) is 4. The van der Waals surface area contributed by atoms with Crippen LogP contribution in [0, 0.1) is 5.82 Å². The predicted molar refractivity (Wildman–Crippen MR) is 107 cm³/mol. The van der Waals surface area contributed by atoms with Gasteiger partial charge in [0, 0.05) is 19.8 Å². The van der Waals surface area contributed by atoms with Gasteiger partial charge < -0.3 is 15.4 Å². The second-order valence-corrected chi connectivity index (χ2v) is 7.08. The summed E-state index contributed by atoms with van der Waals surface area (Å²) >= 11 is 6.22. The zero-order valence-corrected chi connectivity index (χ0v) is 15.9. The number of aromatic hydroxyl groups is 1. The lowest BCUT2D eigenvalue weighted by Gasteiger charge is -2.18. The lowest BCUT2D eigenvalue weighted by molar-refractivity contribution is 0.385. The molecule has 0 aliphatic carbocycles. The highest BCUT2D eigenvalue weighted by atomic mass is 35.5. The maximum atomic E-state index is 13.5. The van der Waals surface area contributed by atoms with Crippen LogP contribution in [0.1, 0.15) is 11.6 Å². The zero-order valence-electron chi connectivity index (χ0n) is 15.2. The Morgan fingerprint density at radius 2 is 2.11 bits per heavy atom. The van der Waals surface area contributed by atoms with E-state index in [0.717, 1.165) is 5.56 Å². The average molecular weight is 400 g/mol. The third kappa shape index (κ3) is 3.23. The second kappa shape index (κ2) is 7.26. The van der Waals surface area contributed by atoms with E-state index in [-0.39, 0.29) is 24.3 Å². The molecule has 0 saturated carbocycles. The molecular weight excluding hydrogens is 381 g/mol. The largest absolute Gasteiger partial charge is 0.494 e. The van der Waals surface area contributed by atoms with E-state index < -0.39 is 0 Å². The Morgan fingerprint density at radius 1 is 1.29 bits per heavy atom. The normalized spacial score (nSPS) is 12.6. The summed E-state index contributed by atoms with van der Waals surface area (Å²) in [6.07, 6.45) is 3.81. The fraction of sp³-hybridized carbons (Fsp3) is 0.200. The summed E-state index contributed by atoms with van der Waals surface area (Å²) in [5, 5.41) is 16.0. The molecule has 4 rings (SSSR count). The Balaban J connectivity index is 1.74. The van der Waals surface area contributed by atoms with Crippen molar-refractivity contribution in [1.29, 1.82) is 0 Å². The first kappa shape index (κ1) is 18.5. The lowest BCUT2D eigenvalue weighted by Crippen LogP contribution is -2.20. The molecule has 4 aromatic rings. The molecule has 3 aromatic heterocycles. The maximum Gasteiger partial charge on any atom is 0.201 e. The van der Waals surface area contributed by atoms with E-state index in [9.17, 15) is 9.50 Å². The van der Waals surface area contributed by atoms with Crippen molar-refractivity contribution < 1.29 is 9.50 Å². The van der Waals surface area contributed by atoms with Crippen molar-refractivity contribution in [2.45, 2.75) is 12.5 Å². The zero-order chi connectivity index (χ0) is 19.8. The number of rotatable bonds is 5. The van der Waals surface area contributed by atoms with Gasteiger partial charge in [0.05, 0.1) is 33.9 Å². The highest BCUT2D eigenvalue weighted by Gasteiger charge is 2.19. The van der Waals surface area contributed by atoms with E-state index in [2.05, 4.69) is 10.1 Å². The minimum atomic E-state index is -0.297. The van der Waals surface area contributed by atoms with Crippen molar-refractivity contribution in [3.63, 3.8) is 0 Å². The van der Waals surface area contributed by atoms with Crippen LogP contribution in [0.4, 0.5) is 4.39 Å². The number of aryl methyl sites for hydroxylation is 1. The second-order valence-electron chi connectivity index (χ2n) is 6.68. The Hall–Kier alpha value is -2.90. The number of benzene rings is 1. The van der Waals surface area contributed by atoms with Crippen LogP contribution in [-0.2, 0) is 13.5 Å². The van der Waals surface area contributed by atoms with Crippen LogP contribution in [-0.4, -0.2) is 31.0 Å². The third-order valence-electron chi connectivity index (χ3n) is 4.83. The number of aromatic nitrogens is 4. The molecule has 0 radical (unpaired) electrons. The molecule has 3 heterocycles. The Kier molecular flexibility index (Phi) is 4.78. The van der Waals surface area contributed by atoms with E-state index >= 15 is 0 Å². The first-order valence-electron chi connectivity index (χ1n) is 8.81. The molecule has 6 nitrogen and oxygen atoms in total. The SMILES string of the molecule is Cn1ncc(Cl)c1-c1ccc2c(O)n([C@H](CN)Cc3cccc(F)c3)cc2n1. The monoisotopic (exact) mass is 399 g/mol. The maximum absolute atomic E-state index is 13.5. The van der Waals surface area contributed by atoms with Crippen LogP contribution in [0.2, 0.25) is 5.02 Å². The minimum absolute atomic E-state index is 0.0806. The molecule has 1 atom stereocenters. The predicted octanol–water partition coefficient (Wildman–Crippen LogP) is 3.68. The van der Waals surface area contributed by atoms with Crippen molar-refractivity contribution in [3.05, 3.63) is 65.2 Å². The van der Waals surface area contributed by atoms with Gasteiger partial charge in [-0.1, -0.05) is 23.7 Å². The van der Waals surface area contributed by atoms with E-state index in [1.54, 1.807) is 46.9 Å². The summed E-state index contributed by atoms with van der Waals surface area (Å²) in [6, 6.07) is 9.73. The minimum Gasteiger partial charge on any atom is -0.494 e. The van der Waals surface area contributed by atoms with Gasteiger partial charge >= 0.3 is 0 Å². The number of hydrogen-bond donors (Lipinski definition) is 2. The molecule has 144 valence electrons. The Labute approximate surface area is 166 Å². The highest BCUT2D eigenvalue weighted by molar-refractivity contribution is 6.32. The van der Waals surface area contributed by atoms with Crippen molar-refractivity contribution >= 4 is 22.5 Å². The van der Waals surface area contributed by atoms with Gasteiger partial charge in [-0.2, -0.15) is 5.10 Å². The van der Waals surface area contributed by atoms with Gasteiger partial charge in [0.25, 0.3) is 0 Å². The molecule has 0 bridgehead atoms. The van der Waals surface area contributed by atoms with Crippen LogP contribution in [0.5, 0.6) is 5.88 Å². The number of halogens is 2. The summed E-state index contributed by atoms with van der Waals surface area (Å²) in [6.45, 7) is 0.283. The third-order valence-corrected chi connectivity index (χ3v) is 5.11. The Bertz CT molecular complexity index is 1130. The standard InChI is InChI=1S/C20H19ClFN5O/c1-26-19(16(21)10-24-26)17-6-5-15-18(25-17)11-27(20(15)28)14(9-23)8-12-3-2-4-13(22)7-12/h2-7,10-11,14,28H,8-9,23H2,1H3/t14-/m0/s1. The van der Waals surface area contributed by atoms with Gasteiger partial charge in [-0.3, -0.25) is 4.68 Å². The average Bonchev–Trinajstić information content (AvgIpc) is 3.18. The van der Waals surface area contributed by atoms with E-state index in [4.69, 9.17) is 17.3 Å². The molecule has 0 fully saturated rings. The van der Waals surface area contributed by atoms with Gasteiger partial charge in [-0.05, 0) is 36.2 Å². The fourth-order valence-corrected chi connectivity index (χ4v) is 3.70. The van der Waals surface area contributed by atoms with Crippen molar-refractivity contribution in [3.8, 4) is 17.3 Å². The summed E-state index contributed by atoms with van der Waals surface area (Å²) in [5.41, 5.74) is 8.73. The number of nitrogens with two attached hydrogens (primary N) is 1. The molecular formula is C20H19ClFN5O. The Morgan fingerprint density at radius 3 is 2.79 bits per heavy atom. The summed E-state index contributed by atoms with van der Waals surface area (Å²) in [4.78, 5) is 4.63. The molecule has 0 spiro atoms. The van der Waals surface area contributed by atoms with E-state index in [1.165, 1.54) is 12.1 Å². The fourth-order valence-electron chi connectivity index (χ4n) is 3.43. The molecule has 0 aliphatic heterocycles. The summed E-state index contributed by atoms with van der Waals surface area (Å²) in [5.74, 6) is -0.216. The number of hydrogen-bond acceptors (Lipinski definition) is 4. The van der Waals surface area contributed by atoms with Crippen LogP contribution < -0.4 is 5.73 Å². The molecule has 0 unspecified atom stereocenters. The highest BCUT2D eigenvalue weighted by Crippen LogP contribution is 2.33. The number of fused-ring (bicyclic) bond motifs is 1. The quantitative estimate of drug-likeness (QED) is 0.536. The van der Waals surface area contributed by atoms with Gasteiger partial charge in [-0.15, -0.1) is 0 Å². The smallest absolute Gasteiger partial charge is 0.201 e. The lowest BCUT2D eigenvalue weighted by atomic mass is 10.1. The summed E-state index contributed by atoms with van der Waals surface area (Å²) < 4.78 is 16.8. The number of pyridine rings is 1. The molecule has 28 heavy (non-hydrogen) atoms. The van der Waals surface area contributed by atoms with Gasteiger partial charge in [0.15, 0.2) is 0 Å². The molecule has 0 amide bonds. The van der Waals surface area contributed by atoms with Crippen LogP contribution in [0.3, 0.4) is 0 Å². The molecule has 0 saturated heterocycles. The van der Waals surface area contributed by atoms with E-state index in [1.807, 2.05) is 6.07 Å².